The van der Waals surface area contributed by atoms with Crippen molar-refractivity contribution in [1.82, 2.24) is 10.3 Å². The van der Waals surface area contributed by atoms with Gasteiger partial charge in [-0.1, -0.05) is 47.6 Å². The van der Waals surface area contributed by atoms with Crippen molar-refractivity contribution < 1.29 is 27.9 Å². The number of hydrogen-bond acceptors (Lipinski definition) is 9. The first kappa shape index (κ1) is 27.2. The predicted octanol–water partition coefficient (Wildman–Crippen LogP) is 5.40. The van der Waals surface area contributed by atoms with Gasteiger partial charge in [0.05, 0.1) is 33.2 Å². The van der Waals surface area contributed by atoms with Crippen LogP contribution in [0.5, 0.6) is 0 Å². The van der Waals surface area contributed by atoms with Crippen LogP contribution in [0.15, 0.2) is 64.0 Å². The zero-order valence-electron chi connectivity index (χ0n) is 18.5. The van der Waals surface area contributed by atoms with Crippen molar-refractivity contribution in [3.8, 4) is 6.07 Å². The lowest BCUT2D eigenvalue weighted by Gasteiger charge is -2.45. The van der Waals surface area contributed by atoms with Gasteiger partial charge in [-0.05, 0) is 23.1 Å². The van der Waals surface area contributed by atoms with Gasteiger partial charge in [-0.2, -0.15) is 18.4 Å². The maximum atomic E-state index is 14.5. The maximum Gasteiger partial charge on any atom is 0.437 e. The minimum absolute atomic E-state index is 0.0153. The molecule has 1 aliphatic rings. The molecule has 0 saturated carbocycles. The minimum Gasteiger partial charge on any atom is -0.363 e. The molecule has 0 spiro atoms. The Morgan fingerprint density at radius 2 is 2.00 bits per heavy atom. The normalized spacial score (nSPS) is 21.7. The number of nitriles is 1. The number of allylic oxidation sites excluding steroid dienone is 1. The van der Waals surface area contributed by atoms with Crippen molar-refractivity contribution in [2.24, 2.45) is 5.92 Å². The number of carbonyl (C=O) groups is 2. The van der Waals surface area contributed by atoms with Gasteiger partial charge in [0.25, 0.3) is 0 Å². The summed E-state index contributed by atoms with van der Waals surface area (Å²) in [5.41, 5.74) is -3.97. The molecule has 3 heterocycles. The Kier molecular flexibility index (Phi) is 7.96. The van der Waals surface area contributed by atoms with E-state index in [0.29, 0.717) is 16.9 Å². The summed E-state index contributed by atoms with van der Waals surface area (Å²) in [7, 11) is 0. The number of aromatic nitrogens is 1. The second kappa shape index (κ2) is 10.8. The number of nitrogens with zero attached hydrogens (tertiary/aromatic N) is 2. The van der Waals surface area contributed by atoms with Gasteiger partial charge in [0.2, 0.25) is 11.6 Å². The molecule has 0 aliphatic carbocycles. The molecule has 0 unspecified atom stereocenters. The zero-order valence-corrected chi connectivity index (χ0v) is 21.7. The van der Waals surface area contributed by atoms with Gasteiger partial charge in [0.15, 0.2) is 10.9 Å². The number of anilines is 1. The SMILES string of the molecule is N#CC1=C(SCC(=O)Nc2nccs2)N[C@](O)(C(F)(F)F)[C@@H](C(=O)c2cccs2)[C@@H]1c1ccccc1Cl. The molecule has 3 N–H and O–H groups in total. The van der Waals surface area contributed by atoms with Gasteiger partial charge < -0.3 is 15.7 Å². The number of aliphatic hydroxyl groups is 1. The molecule has 7 nitrogen and oxygen atoms in total. The zero-order chi connectivity index (χ0) is 26.8. The Bertz CT molecular complexity index is 1370. The predicted molar refractivity (Wildman–Crippen MR) is 136 cm³/mol. The third kappa shape index (κ3) is 5.39. The average Bonchev–Trinajstić information content (AvgIpc) is 3.56. The number of thiophene rings is 1. The number of thiazole rings is 1. The number of alkyl halides is 3. The summed E-state index contributed by atoms with van der Waals surface area (Å²) < 4.78 is 43.6. The van der Waals surface area contributed by atoms with Crippen molar-refractivity contribution in [2.45, 2.75) is 17.8 Å². The van der Waals surface area contributed by atoms with Gasteiger partial charge >= 0.3 is 6.18 Å². The molecule has 0 radical (unpaired) electrons. The number of carbonyl (C=O) groups excluding carboxylic acids is 2. The fraction of sp³-hybridized carbons (Fsp3) is 0.217. The van der Waals surface area contributed by atoms with Crippen LogP contribution in [0.3, 0.4) is 0 Å². The summed E-state index contributed by atoms with van der Waals surface area (Å²) in [5.74, 6) is -5.75. The van der Waals surface area contributed by atoms with Gasteiger partial charge in [0.1, 0.15) is 0 Å². The fourth-order valence-electron chi connectivity index (χ4n) is 3.90. The lowest BCUT2D eigenvalue weighted by atomic mass is 9.70. The summed E-state index contributed by atoms with van der Waals surface area (Å²) in [4.78, 5) is 29.8. The molecule has 3 atom stereocenters. The highest BCUT2D eigenvalue weighted by atomic mass is 35.5. The van der Waals surface area contributed by atoms with E-state index in [-0.39, 0.29) is 21.0 Å². The molecule has 0 bridgehead atoms. The van der Waals surface area contributed by atoms with E-state index in [0.717, 1.165) is 22.7 Å². The molecule has 2 aromatic heterocycles. The first-order valence-corrected chi connectivity index (χ1v) is 13.5. The molecule has 1 aromatic carbocycles. The number of nitrogens with one attached hydrogen (secondary N) is 2. The van der Waals surface area contributed by atoms with E-state index in [1.54, 1.807) is 11.4 Å². The second-order valence-electron chi connectivity index (χ2n) is 7.74. The minimum atomic E-state index is -5.35. The molecular formula is C23H16ClF3N4O3S3. The summed E-state index contributed by atoms with van der Waals surface area (Å²) in [5, 5.41) is 28.8. The Labute approximate surface area is 226 Å². The molecular weight excluding hydrogens is 569 g/mol. The quantitative estimate of drug-likeness (QED) is 0.318. The molecule has 1 aliphatic heterocycles. The highest BCUT2D eigenvalue weighted by Gasteiger charge is 2.66. The van der Waals surface area contributed by atoms with Crippen LogP contribution in [-0.4, -0.2) is 39.4 Å². The van der Waals surface area contributed by atoms with Crippen molar-refractivity contribution in [3.05, 3.63) is 79.4 Å². The van der Waals surface area contributed by atoms with E-state index in [1.807, 2.05) is 11.4 Å². The van der Waals surface area contributed by atoms with Crippen molar-refractivity contribution >= 4 is 62.9 Å². The van der Waals surface area contributed by atoms with Crippen molar-refractivity contribution in [2.75, 3.05) is 11.1 Å². The monoisotopic (exact) mass is 584 g/mol. The number of ketones is 1. The standard InChI is InChI=1S/C23H16ClF3N4O3S3/c24-14-5-2-1-4-12(14)17-13(10-28)20(37-11-16(32)30-21-29-7-9-36-21)31-22(34,23(25,26)27)18(17)19(33)15-6-3-8-35-15/h1-9,17-18,31,34H,11H2,(H,29,30,32)/t17-,18-,22-/m1/s1. The molecule has 192 valence electrons. The fourth-order valence-corrected chi connectivity index (χ4v) is 6.31. The smallest absolute Gasteiger partial charge is 0.363 e. The van der Waals surface area contributed by atoms with E-state index >= 15 is 0 Å². The van der Waals surface area contributed by atoms with Crippen LogP contribution in [0.1, 0.15) is 21.2 Å². The van der Waals surface area contributed by atoms with E-state index in [2.05, 4.69) is 10.3 Å². The summed E-state index contributed by atoms with van der Waals surface area (Å²) in [6, 6.07) is 10.6. The summed E-state index contributed by atoms with van der Waals surface area (Å²) in [6.07, 6.45) is -3.88. The number of rotatable bonds is 7. The Hall–Kier alpha value is -2.89. The molecule has 0 saturated heterocycles. The number of amides is 1. The van der Waals surface area contributed by atoms with Crippen LogP contribution < -0.4 is 10.6 Å². The van der Waals surface area contributed by atoms with E-state index in [1.165, 1.54) is 41.9 Å². The van der Waals surface area contributed by atoms with Gasteiger partial charge in [-0.15, -0.1) is 22.7 Å². The molecule has 37 heavy (non-hydrogen) atoms. The Balaban J connectivity index is 1.83. The van der Waals surface area contributed by atoms with Crippen LogP contribution >= 0.6 is 46.0 Å². The highest BCUT2D eigenvalue weighted by molar-refractivity contribution is 8.03. The molecule has 14 heteroatoms. The average molecular weight is 585 g/mol. The first-order chi connectivity index (χ1) is 17.6. The molecule has 3 aromatic rings. The number of hydrogen-bond donors (Lipinski definition) is 3. The summed E-state index contributed by atoms with van der Waals surface area (Å²) in [6.45, 7) is 0. The third-order valence-electron chi connectivity index (χ3n) is 5.51. The molecule has 4 rings (SSSR count). The topological polar surface area (TPSA) is 115 Å². The number of thioether (sulfide) groups is 1. The Morgan fingerprint density at radius 1 is 1.24 bits per heavy atom. The van der Waals surface area contributed by atoms with Gasteiger partial charge in [-0.3, -0.25) is 9.59 Å². The van der Waals surface area contributed by atoms with Crippen LogP contribution in [0.25, 0.3) is 0 Å². The van der Waals surface area contributed by atoms with Gasteiger partial charge in [-0.25, -0.2) is 4.98 Å². The first-order valence-electron chi connectivity index (χ1n) is 10.4. The number of Topliss-reactive ketones (excluding diaryl/α,β-unsaturated/α-hetero) is 1. The maximum absolute atomic E-state index is 14.5. The lowest BCUT2D eigenvalue weighted by Crippen LogP contribution is -2.66. The third-order valence-corrected chi connectivity index (χ3v) is 8.44. The lowest BCUT2D eigenvalue weighted by molar-refractivity contribution is -0.285. The second-order valence-corrected chi connectivity index (χ2v) is 11.0. The Morgan fingerprint density at radius 3 is 2.59 bits per heavy atom. The van der Waals surface area contributed by atoms with Crippen molar-refractivity contribution in [1.29, 1.82) is 5.26 Å². The number of halogens is 4. The van der Waals surface area contributed by atoms with Crippen LogP contribution in [0, 0.1) is 17.2 Å². The van der Waals surface area contributed by atoms with Gasteiger partial charge in [0, 0.05) is 22.5 Å². The van der Waals surface area contributed by atoms with E-state index < -0.39 is 46.2 Å². The largest absolute Gasteiger partial charge is 0.437 e. The van der Waals surface area contributed by atoms with Crippen LogP contribution in [-0.2, 0) is 4.79 Å². The number of benzene rings is 1. The van der Waals surface area contributed by atoms with Crippen LogP contribution in [0.2, 0.25) is 5.02 Å². The van der Waals surface area contributed by atoms with Crippen molar-refractivity contribution in [3.63, 3.8) is 0 Å². The van der Waals surface area contributed by atoms with E-state index in [4.69, 9.17) is 11.6 Å². The van der Waals surface area contributed by atoms with Crippen LogP contribution in [0.4, 0.5) is 18.3 Å². The molecule has 0 fully saturated rings. The highest BCUT2D eigenvalue weighted by Crippen LogP contribution is 2.52. The summed E-state index contributed by atoms with van der Waals surface area (Å²) >= 11 is 8.99. The molecule has 1 amide bonds. The van der Waals surface area contributed by atoms with E-state index in [9.17, 15) is 33.1 Å².